The van der Waals surface area contributed by atoms with Gasteiger partial charge in [-0.1, -0.05) is 0 Å². The van der Waals surface area contributed by atoms with Crippen LogP contribution in [0.1, 0.15) is 18.4 Å². The Labute approximate surface area is 144 Å². The van der Waals surface area contributed by atoms with E-state index in [1.165, 1.54) is 0 Å². The van der Waals surface area contributed by atoms with Gasteiger partial charge in [0.25, 0.3) is 0 Å². The van der Waals surface area contributed by atoms with Crippen molar-refractivity contribution in [2.45, 2.75) is 19.4 Å². The second-order valence-corrected chi connectivity index (χ2v) is 6.47. The van der Waals surface area contributed by atoms with Gasteiger partial charge in [0.2, 0.25) is 0 Å². The van der Waals surface area contributed by atoms with Crippen molar-refractivity contribution in [2.24, 2.45) is 10.4 Å². The smallest absolute Gasteiger partial charge is 0.191 e. The lowest BCUT2D eigenvalue weighted by Gasteiger charge is -2.27. The Morgan fingerprint density at radius 3 is 2.92 bits per heavy atom. The summed E-state index contributed by atoms with van der Waals surface area (Å²) >= 11 is 0. The van der Waals surface area contributed by atoms with Gasteiger partial charge >= 0.3 is 0 Å². The first-order chi connectivity index (χ1) is 11.6. The number of hydrogen-bond acceptors (Lipinski definition) is 5. The normalized spacial score (nSPS) is 20.9. The number of aliphatic imine (C=N–C) groups is 1. The Morgan fingerprint density at radius 2 is 2.29 bits per heavy atom. The van der Waals surface area contributed by atoms with Crippen molar-refractivity contribution in [3.05, 3.63) is 23.9 Å². The van der Waals surface area contributed by atoms with E-state index in [1.54, 1.807) is 7.05 Å². The maximum Gasteiger partial charge on any atom is 0.191 e. The first-order valence-corrected chi connectivity index (χ1v) is 8.34. The molecule has 2 rings (SSSR count). The SMILES string of the molecule is CN=C(NCc1ccnc(N(C)C)c1)NCC1(CCO)CCOC1. The number of pyridine rings is 1. The van der Waals surface area contributed by atoms with Crippen molar-refractivity contribution >= 4 is 11.8 Å². The molecule has 0 bridgehead atoms. The van der Waals surface area contributed by atoms with Crippen LogP contribution in [0.15, 0.2) is 23.3 Å². The number of rotatable bonds is 7. The van der Waals surface area contributed by atoms with Crippen LogP contribution in [0.2, 0.25) is 0 Å². The fraction of sp³-hybridized carbons (Fsp3) is 0.647. The van der Waals surface area contributed by atoms with Crippen LogP contribution < -0.4 is 15.5 Å². The lowest BCUT2D eigenvalue weighted by molar-refractivity contribution is 0.127. The molecule has 1 aromatic heterocycles. The van der Waals surface area contributed by atoms with E-state index in [-0.39, 0.29) is 12.0 Å². The Morgan fingerprint density at radius 1 is 1.46 bits per heavy atom. The van der Waals surface area contributed by atoms with Crippen LogP contribution in [0, 0.1) is 5.41 Å². The summed E-state index contributed by atoms with van der Waals surface area (Å²) in [7, 11) is 5.71. The lowest BCUT2D eigenvalue weighted by atomic mass is 9.84. The van der Waals surface area contributed by atoms with Crippen LogP contribution >= 0.6 is 0 Å². The highest BCUT2D eigenvalue weighted by Crippen LogP contribution is 2.31. The van der Waals surface area contributed by atoms with Crippen molar-refractivity contribution < 1.29 is 9.84 Å². The molecule has 1 aliphatic rings. The minimum atomic E-state index is 0.00112. The van der Waals surface area contributed by atoms with Crippen molar-refractivity contribution in [1.29, 1.82) is 0 Å². The number of anilines is 1. The minimum absolute atomic E-state index is 0.00112. The molecule has 134 valence electrons. The van der Waals surface area contributed by atoms with Gasteiger partial charge in [0.1, 0.15) is 5.82 Å². The molecule has 0 aliphatic carbocycles. The van der Waals surface area contributed by atoms with Crippen molar-refractivity contribution in [3.63, 3.8) is 0 Å². The van der Waals surface area contributed by atoms with Crippen molar-refractivity contribution in [3.8, 4) is 0 Å². The van der Waals surface area contributed by atoms with E-state index < -0.39 is 0 Å². The molecule has 1 saturated heterocycles. The van der Waals surface area contributed by atoms with E-state index in [0.29, 0.717) is 13.2 Å². The fourth-order valence-electron chi connectivity index (χ4n) is 2.80. The summed E-state index contributed by atoms with van der Waals surface area (Å²) < 4.78 is 5.52. The summed E-state index contributed by atoms with van der Waals surface area (Å²) in [5, 5.41) is 16.0. The summed E-state index contributed by atoms with van der Waals surface area (Å²) in [6.45, 7) is 3.05. The standard InChI is InChI=1S/C17H29N5O2/c1-18-16(21-12-17(5-8-23)6-9-24-13-17)20-11-14-4-7-19-15(10-14)22(2)3/h4,7,10,23H,5-6,8-9,11-13H2,1-3H3,(H2,18,20,21). The average Bonchev–Trinajstić information content (AvgIpc) is 3.04. The molecule has 0 radical (unpaired) electrons. The Kier molecular flexibility index (Phi) is 6.81. The van der Waals surface area contributed by atoms with Gasteiger partial charge < -0.3 is 25.4 Å². The first kappa shape index (κ1) is 18.5. The van der Waals surface area contributed by atoms with Crippen LogP contribution in [0.3, 0.4) is 0 Å². The zero-order valence-electron chi connectivity index (χ0n) is 14.9. The highest BCUT2D eigenvalue weighted by molar-refractivity contribution is 5.79. The van der Waals surface area contributed by atoms with Gasteiger partial charge in [-0.05, 0) is 30.5 Å². The number of guanidine groups is 1. The molecule has 0 aromatic carbocycles. The zero-order chi connectivity index (χ0) is 17.4. The summed E-state index contributed by atoms with van der Waals surface area (Å²) in [6.07, 6.45) is 3.52. The number of hydrogen-bond donors (Lipinski definition) is 3. The van der Waals surface area contributed by atoms with Crippen molar-refractivity contribution in [2.75, 3.05) is 52.4 Å². The largest absolute Gasteiger partial charge is 0.396 e. The quantitative estimate of drug-likeness (QED) is 0.500. The van der Waals surface area contributed by atoms with Gasteiger partial charge in [0, 0.05) is 59.1 Å². The molecule has 3 N–H and O–H groups in total. The molecule has 0 spiro atoms. The number of nitrogens with zero attached hydrogens (tertiary/aromatic N) is 3. The highest BCUT2D eigenvalue weighted by atomic mass is 16.5. The maximum absolute atomic E-state index is 9.30. The van der Waals surface area contributed by atoms with Crippen LogP contribution in [-0.4, -0.2) is 63.6 Å². The number of aliphatic hydroxyl groups is 1. The Balaban J connectivity index is 1.87. The molecule has 7 heteroatoms. The van der Waals surface area contributed by atoms with Gasteiger partial charge in [-0.3, -0.25) is 4.99 Å². The minimum Gasteiger partial charge on any atom is -0.396 e. The molecule has 1 atom stereocenters. The van der Waals surface area contributed by atoms with Gasteiger partial charge in [0.15, 0.2) is 5.96 Å². The average molecular weight is 335 g/mol. The van der Waals surface area contributed by atoms with Gasteiger partial charge in [-0.15, -0.1) is 0 Å². The molecule has 1 unspecified atom stereocenters. The summed E-state index contributed by atoms with van der Waals surface area (Å²) in [6, 6.07) is 4.05. The van der Waals surface area contributed by atoms with E-state index in [0.717, 1.165) is 43.3 Å². The van der Waals surface area contributed by atoms with E-state index in [2.05, 4.69) is 26.7 Å². The predicted molar refractivity (Wildman–Crippen MR) is 96.3 cm³/mol. The van der Waals surface area contributed by atoms with E-state index in [9.17, 15) is 5.11 Å². The van der Waals surface area contributed by atoms with Crippen LogP contribution in [0.5, 0.6) is 0 Å². The summed E-state index contributed by atoms with van der Waals surface area (Å²) in [5.74, 6) is 1.68. The number of ether oxygens (including phenoxy) is 1. The topological polar surface area (TPSA) is 82.0 Å². The number of aromatic nitrogens is 1. The molecule has 1 fully saturated rings. The molecule has 1 aromatic rings. The van der Waals surface area contributed by atoms with Gasteiger partial charge in [0.05, 0.1) is 6.61 Å². The molecule has 0 saturated carbocycles. The molecule has 2 heterocycles. The Hall–Kier alpha value is -1.86. The summed E-state index contributed by atoms with van der Waals surface area (Å²) in [4.78, 5) is 10.6. The molecule has 1 aliphatic heterocycles. The van der Waals surface area contributed by atoms with Crippen LogP contribution in [-0.2, 0) is 11.3 Å². The fourth-order valence-corrected chi connectivity index (χ4v) is 2.80. The third-order valence-electron chi connectivity index (χ3n) is 4.41. The lowest BCUT2D eigenvalue weighted by Crippen LogP contribution is -2.44. The van der Waals surface area contributed by atoms with Crippen LogP contribution in [0.25, 0.3) is 0 Å². The summed E-state index contributed by atoms with van der Waals surface area (Å²) in [5.41, 5.74) is 1.15. The highest BCUT2D eigenvalue weighted by Gasteiger charge is 2.34. The third-order valence-corrected chi connectivity index (χ3v) is 4.41. The molecular formula is C17H29N5O2. The van der Waals surface area contributed by atoms with E-state index >= 15 is 0 Å². The van der Waals surface area contributed by atoms with Crippen molar-refractivity contribution in [1.82, 2.24) is 15.6 Å². The second kappa shape index (κ2) is 8.84. The van der Waals surface area contributed by atoms with E-state index in [1.807, 2.05) is 31.3 Å². The third kappa shape index (κ3) is 5.07. The zero-order valence-corrected chi connectivity index (χ0v) is 14.9. The van der Waals surface area contributed by atoms with Gasteiger partial charge in [-0.25, -0.2) is 4.98 Å². The molecule has 24 heavy (non-hydrogen) atoms. The van der Waals surface area contributed by atoms with Crippen LogP contribution in [0.4, 0.5) is 5.82 Å². The monoisotopic (exact) mass is 335 g/mol. The number of aliphatic hydroxyl groups excluding tert-OH is 1. The molecular weight excluding hydrogens is 306 g/mol. The predicted octanol–water partition coefficient (Wildman–Crippen LogP) is 0.602. The Bertz CT molecular complexity index is 542. The molecule has 7 nitrogen and oxygen atoms in total. The maximum atomic E-state index is 9.30. The van der Waals surface area contributed by atoms with E-state index in [4.69, 9.17) is 4.74 Å². The number of nitrogens with one attached hydrogen (secondary N) is 2. The second-order valence-electron chi connectivity index (χ2n) is 6.47. The first-order valence-electron chi connectivity index (χ1n) is 8.34. The molecule has 0 amide bonds. The van der Waals surface area contributed by atoms with Gasteiger partial charge in [-0.2, -0.15) is 0 Å².